The van der Waals surface area contributed by atoms with Gasteiger partial charge in [-0.05, 0) is 53.1 Å². The number of fused-ring (bicyclic) bond motifs is 6. The summed E-state index contributed by atoms with van der Waals surface area (Å²) in [5.74, 6) is 1.45. The maximum absolute atomic E-state index is 6.37. The van der Waals surface area contributed by atoms with E-state index in [1.165, 1.54) is 0 Å². The number of amidine groups is 2. The number of rotatable bonds is 4. The highest BCUT2D eigenvalue weighted by atomic mass is 16.3. The molecule has 0 saturated heterocycles. The SMILES string of the molecule is c1ccc(C2=NC(c3cccc4oc5ccc(-c6ccc7c(c6)oc6ccccc67)cc5c34)=NC(c3ccccc3)N2)cc1. The summed E-state index contributed by atoms with van der Waals surface area (Å²) in [7, 11) is 0. The summed E-state index contributed by atoms with van der Waals surface area (Å²) < 4.78 is 12.6. The van der Waals surface area contributed by atoms with E-state index in [2.05, 4.69) is 72.0 Å². The van der Waals surface area contributed by atoms with Crippen LogP contribution >= 0.6 is 0 Å². The van der Waals surface area contributed by atoms with E-state index in [-0.39, 0.29) is 6.17 Å². The molecule has 44 heavy (non-hydrogen) atoms. The predicted molar refractivity (Wildman–Crippen MR) is 178 cm³/mol. The molecule has 0 fully saturated rings. The Balaban J connectivity index is 1.22. The van der Waals surface area contributed by atoms with E-state index in [1.807, 2.05) is 72.8 Å². The Bertz CT molecular complexity index is 2420. The van der Waals surface area contributed by atoms with Crippen molar-refractivity contribution in [2.75, 3.05) is 0 Å². The summed E-state index contributed by atoms with van der Waals surface area (Å²) in [4.78, 5) is 10.2. The van der Waals surface area contributed by atoms with Gasteiger partial charge in [-0.15, -0.1) is 0 Å². The fraction of sp³-hybridized carbons (Fsp3) is 0.0256. The van der Waals surface area contributed by atoms with Crippen LogP contribution in [0, 0.1) is 0 Å². The Morgan fingerprint density at radius 2 is 1.18 bits per heavy atom. The number of furan rings is 2. The first kappa shape index (κ1) is 24.6. The Morgan fingerprint density at radius 1 is 0.500 bits per heavy atom. The van der Waals surface area contributed by atoms with Crippen molar-refractivity contribution in [1.82, 2.24) is 5.32 Å². The second kappa shape index (κ2) is 9.82. The predicted octanol–water partition coefficient (Wildman–Crippen LogP) is 9.65. The lowest BCUT2D eigenvalue weighted by Gasteiger charge is -2.23. The van der Waals surface area contributed by atoms with Gasteiger partial charge in [-0.25, -0.2) is 9.98 Å². The lowest BCUT2D eigenvalue weighted by atomic mass is 9.99. The van der Waals surface area contributed by atoms with E-state index in [0.717, 1.165) is 77.5 Å². The van der Waals surface area contributed by atoms with Gasteiger partial charge in [-0.3, -0.25) is 0 Å². The van der Waals surface area contributed by atoms with E-state index >= 15 is 0 Å². The number of hydrogen-bond acceptors (Lipinski definition) is 5. The van der Waals surface area contributed by atoms with E-state index < -0.39 is 0 Å². The van der Waals surface area contributed by atoms with Crippen LogP contribution in [0.25, 0.3) is 55.0 Å². The first-order valence-corrected chi connectivity index (χ1v) is 14.7. The van der Waals surface area contributed by atoms with E-state index in [9.17, 15) is 0 Å². The molecule has 5 nitrogen and oxygen atoms in total. The smallest absolute Gasteiger partial charge is 0.160 e. The molecule has 208 valence electrons. The fourth-order valence-electron chi connectivity index (χ4n) is 6.22. The highest BCUT2D eigenvalue weighted by Crippen LogP contribution is 2.37. The third-order valence-electron chi connectivity index (χ3n) is 8.35. The molecule has 3 heterocycles. The number of nitrogens with zero attached hydrogens (tertiary/aromatic N) is 2. The molecule has 0 amide bonds. The first-order chi connectivity index (χ1) is 21.8. The van der Waals surface area contributed by atoms with Gasteiger partial charge < -0.3 is 14.2 Å². The molecule has 6 aromatic carbocycles. The third-order valence-corrected chi connectivity index (χ3v) is 8.35. The molecule has 8 aromatic rings. The van der Waals surface area contributed by atoms with Crippen molar-refractivity contribution in [3.05, 3.63) is 156 Å². The molecule has 0 saturated carbocycles. The summed E-state index contributed by atoms with van der Waals surface area (Å²) in [6.07, 6.45) is -0.279. The molecule has 1 unspecified atom stereocenters. The van der Waals surface area contributed by atoms with Crippen LogP contribution in [0.15, 0.2) is 158 Å². The minimum atomic E-state index is -0.279. The van der Waals surface area contributed by atoms with Gasteiger partial charge in [0.15, 0.2) is 5.84 Å². The molecule has 0 radical (unpaired) electrons. The Hall–Kier alpha value is -5.94. The lowest BCUT2D eigenvalue weighted by Crippen LogP contribution is -2.33. The summed E-state index contributed by atoms with van der Waals surface area (Å²) in [6, 6.07) is 47.5. The van der Waals surface area contributed by atoms with Crippen molar-refractivity contribution in [3.8, 4) is 11.1 Å². The van der Waals surface area contributed by atoms with Crippen molar-refractivity contribution in [1.29, 1.82) is 0 Å². The van der Waals surface area contributed by atoms with Crippen molar-refractivity contribution < 1.29 is 8.83 Å². The highest BCUT2D eigenvalue weighted by molar-refractivity contribution is 6.22. The van der Waals surface area contributed by atoms with Crippen molar-refractivity contribution in [3.63, 3.8) is 0 Å². The average Bonchev–Trinajstić information content (AvgIpc) is 3.66. The maximum Gasteiger partial charge on any atom is 0.160 e. The molecule has 9 rings (SSSR count). The number of aliphatic imine (C=N–C) groups is 2. The molecule has 0 bridgehead atoms. The monoisotopic (exact) mass is 567 g/mol. The number of para-hydroxylation sites is 1. The van der Waals surface area contributed by atoms with Gasteiger partial charge in [0.25, 0.3) is 0 Å². The van der Waals surface area contributed by atoms with Crippen LogP contribution in [0.1, 0.15) is 22.9 Å². The van der Waals surface area contributed by atoms with Gasteiger partial charge in [0.2, 0.25) is 0 Å². The van der Waals surface area contributed by atoms with Crippen LogP contribution in [-0.4, -0.2) is 11.7 Å². The molecule has 2 aromatic heterocycles. The normalized spacial score (nSPS) is 15.0. The first-order valence-electron chi connectivity index (χ1n) is 14.7. The summed E-state index contributed by atoms with van der Waals surface area (Å²) in [5, 5.41) is 7.81. The van der Waals surface area contributed by atoms with Crippen molar-refractivity contribution in [2.45, 2.75) is 6.17 Å². The van der Waals surface area contributed by atoms with Gasteiger partial charge in [-0.2, -0.15) is 0 Å². The van der Waals surface area contributed by atoms with Crippen LogP contribution in [0.4, 0.5) is 0 Å². The van der Waals surface area contributed by atoms with Gasteiger partial charge in [0, 0.05) is 32.7 Å². The lowest BCUT2D eigenvalue weighted by molar-refractivity contribution is 0.668. The Kier molecular flexibility index (Phi) is 5.50. The molecule has 0 spiro atoms. The van der Waals surface area contributed by atoms with E-state index in [1.54, 1.807) is 0 Å². The molecule has 0 aliphatic carbocycles. The van der Waals surface area contributed by atoms with Crippen LogP contribution < -0.4 is 5.32 Å². The Labute approximate surface area is 252 Å². The topological polar surface area (TPSA) is 63.0 Å². The number of hydrogen-bond donors (Lipinski definition) is 1. The van der Waals surface area contributed by atoms with E-state index in [0.29, 0.717) is 5.84 Å². The zero-order valence-electron chi connectivity index (χ0n) is 23.6. The second-order valence-corrected chi connectivity index (χ2v) is 11.0. The van der Waals surface area contributed by atoms with Crippen molar-refractivity contribution >= 4 is 55.5 Å². The van der Waals surface area contributed by atoms with Gasteiger partial charge in [-0.1, -0.05) is 103 Å². The van der Waals surface area contributed by atoms with Gasteiger partial charge in [0.1, 0.15) is 34.3 Å². The Morgan fingerprint density at radius 3 is 2.07 bits per heavy atom. The van der Waals surface area contributed by atoms with Crippen LogP contribution in [0.2, 0.25) is 0 Å². The molecule has 5 heteroatoms. The molecule has 1 atom stereocenters. The molecule has 1 aliphatic rings. The zero-order chi connectivity index (χ0) is 29.0. The number of benzene rings is 6. The summed E-state index contributed by atoms with van der Waals surface area (Å²) in [5.41, 5.74) is 8.57. The van der Waals surface area contributed by atoms with Gasteiger partial charge in [0.05, 0.1) is 0 Å². The van der Waals surface area contributed by atoms with Gasteiger partial charge >= 0.3 is 0 Å². The summed E-state index contributed by atoms with van der Waals surface area (Å²) in [6.45, 7) is 0. The zero-order valence-corrected chi connectivity index (χ0v) is 23.6. The molecule has 1 N–H and O–H groups in total. The maximum atomic E-state index is 6.37. The number of nitrogens with one attached hydrogen (secondary N) is 1. The van der Waals surface area contributed by atoms with Crippen molar-refractivity contribution in [2.24, 2.45) is 9.98 Å². The average molecular weight is 568 g/mol. The largest absolute Gasteiger partial charge is 0.456 e. The third kappa shape index (κ3) is 4.02. The minimum Gasteiger partial charge on any atom is -0.456 e. The van der Waals surface area contributed by atoms with Crippen LogP contribution in [-0.2, 0) is 0 Å². The fourth-order valence-corrected chi connectivity index (χ4v) is 6.22. The quantitative estimate of drug-likeness (QED) is 0.230. The molecule has 1 aliphatic heterocycles. The second-order valence-electron chi connectivity index (χ2n) is 11.0. The van der Waals surface area contributed by atoms with E-state index in [4.69, 9.17) is 18.8 Å². The van der Waals surface area contributed by atoms with Crippen LogP contribution in [0.5, 0.6) is 0 Å². The summed E-state index contributed by atoms with van der Waals surface area (Å²) >= 11 is 0. The standard InChI is InChI=1S/C39H25N3O2/c1-3-10-24(11-4-1)37-40-38(25-12-5-2-6-13-25)42-39(41-37)30-15-9-17-34-36(30)31-22-26(19-21-33(31)43-34)27-18-20-29-28-14-7-8-16-32(28)44-35(29)23-27/h1-23,37H,(H,40,41,42). The highest BCUT2D eigenvalue weighted by Gasteiger charge is 2.23. The molecular weight excluding hydrogens is 542 g/mol. The molecular formula is C39H25N3O2. The minimum absolute atomic E-state index is 0.279. The van der Waals surface area contributed by atoms with Crippen LogP contribution in [0.3, 0.4) is 0 Å².